The number of rotatable bonds is 6. The number of aliphatic imine (C=N–C) groups is 1. The first-order chi connectivity index (χ1) is 13.5. The van der Waals surface area contributed by atoms with Gasteiger partial charge >= 0.3 is 0 Å². The number of benzene rings is 1. The lowest BCUT2D eigenvalue weighted by Crippen LogP contribution is -2.44. The van der Waals surface area contributed by atoms with Crippen molar-refractivity contribution in [2.24, 2.45) is 4.99 Å². The molecule has 0 radical (unpaired) electrons. The number of hydrogen-bond donors (Lipinski definition) is 2. The van der Waals surface area contributed by atoms with Crippen LogP contribution in [0.2, 0.25) is 0 Å². The smallest absolute Gasteiger partial charge is 0.213 e. The van der Waals surface area contributed by atoms with Gasteiger partial charge in [0, 0.05) is 50.7 Å². The molecule has 0 saturated carbocycles. The molecule has 1 atom stereocenters. The van der Waals surface area contributed by atoms with Crippen molar-refractivity contribution >= 4 is 35.6 Å². The first kappa shape index (κ1) is 23.3. The summed E-state index contributed by atoms with van der Waals surface area (Å²) < 4.78 is 5.59. The molecule has 0 spiro atoms. The summed E-state index contributed by atoms with van der Waals surface area (Å²) >= 11 is 0. The number of pyridine rings is 1. The van der Waals surface area contributed by atoms with Gasteiger partial charge in [0.25, 0.3) is 0 Å². The summed E-state index contributed by atoms with van der Waals surface area (Å²) in [6, 6.07) is 13.1. The van der Waals surface area contributed by atoms with Crippen LogP contribution in [-0.2, 0) is 6.54 Å². The fraction of sp³-hybridized carbons (Fsp3) is 0.455. The minimum absolute atomic E-state index is 0. The van der Waals surface area contributed by atoms with Crippen molar-refractivity contribution in [1.82, 2.24) is 15.6 Å². The number of nitrogens with zero attached hydrogens (tertiary/aromatic N) is 3. The van der Waals surface area contributed by atoms with Gasteiger partial charge in [-0.3, -0.25) is 4.99 Å². The molecule has 6 nitrogen and oxygen atoms in total. The fourth-order valence-electron chi connectivity index (χ4n) is 3.27. The van der Waals surface area contributed by atoms with E-state index in [4.69, 9.17) is 4.74 Å². The van der Waals surface area contributed by atoms with E-state index in [-0.39, 0.29) is 30.1 Å². The lowest BCUT2D eigenvalue weighted by Gasteiger charge is -2.20. The molecule has 3 rings (SSSR count). The van der Waals surface area contributed by atoms with Gasteiger partial charge in [-0.25, -0.2) is 4.98 Å². The summed E-state index contributed by atoms with van der Waals surface area (Å²) in [4.78, 5) is 11.1. The summed E-state index contributed by atoms with van der Waals surface area (Å²) in [7, 11) is 1.81. The molecule has 158 valence electrons. The molecule has 1 aliphatic heterocycles. The number of ether oxygens (including phenoxy) is 1. The Balaban J connectivity index is 0.00000300. The highest BCUT2D eigenvalue weighted by Crippen LogP contribution is 2.20. The summed E-state index contributed by atoms with van der Waals surface area (Å²) in [5.41, 5.74) is 3.67. The predicted octanol–water partition coefficient (Wildman–Crippen LogP) is 3.74. The Hall–Kier alpha value is -2.03. The Bertz CT molecular complexity index is 777. The summed E-state index contributed by atoms with van der Waals surface area (Å²) in [5.74, 6) is 1.47. The van der Waals surface area contributed by atoms with Crippen LogP contribution in [-0.4, -0.2) is 43.2 Å². The maximum atomic E-state index is 5.59. The molecule has 7 heteroatoms. The third-order valence-corrected chi connectivity index (χ3v) is 4.77. The largest absolute Gasteiger partial charge is 0.475 e. The summed E-state index contributed by atoms with van der Waals surface area (Å²) in [6.07, 6.45) is 3.06. The molecule has 1 saturated heterocycles. The molecule has 1 aromatic carbocycles. The Morgan fingerprint density at radius 2 is 2.00 bits per heavy atom. The van der Waals surface area contributed by atoms with Gasteiger partial charge in [0.2, 0.25) is 5.88 Å². The van der Waals surface area contributed by atoms with E-state index in [1.54, 1.807) is 7.05 Å². The van der Waals surface area contributed by atoms with Crippen molar-refractivity contribution in [2.75, 3.05) is 25.0 Å². The number of hydrogen-bond acceptors (Lipinski definition) is 4. The fourth-order valence-corrected chi connectivity index (χ4v) is 3.27. The van der Waals surface area contributed by atoms with Crippen LogP contribution < -0.4 is 20.3 Å². The lowest BCUT2D eigenvalue weighted by molar-refractivity contribution is 0.232. The van der Waals surface area contributed by atoms with E-state index >= 15 is 0 Å². The normalized spacial score (nSPS) is 16.5. The molecule has 2 heterocycles. The first-order valence-electron chi connectivity index (χ1n) is 9.94. The molecule has 1 unspecified atom stereocenters. The van der Waals surface area contributed by atoms with Crippen LogP contribution in [0.4, 0.5) is 5.69 Å². The summed E-state index contributed by atoms with van der Waals surface area (Å²) in [6.45, 7) is 8.81. The molecule has 0 bridgehead atoms. The van der Waals surface area contributed by atoms with Crippen molar-refractivity contribution in [3.63, 3.8) is 0 Å². The predicted molar refractivity (Wildman–Crippen MR) is 131 cm³/mol. The Kier molecular flexibility index (Phi) is 9.00. The number of aromatic nitrogens is 1. The van der Waals surface area contributed by atoms with E-state index in [1.807, 2.05) is 32.2 Å². The minimum atomic E-state index is 0. The standard InChI is InChI=1S/C22H31N5O.HI/c1-16(2)28-21-10-7-18(13-24-21)14-25-22(23-4)26-19-11-12-27(15-19)20-8-5-17(3)6-9-20;/h5-10,13,16,19H,11-12,14-15H2,1-4H3,(H2,23,25,26);1H. The van der Waals surface area contributed by atoms with Gasteiger partial charge in [-0.05, 0) is 44.9 Å². The van der Waals surface area contributed by atoms with Crippen molar-refractivity contribution in [3.8, 4) is 5.88 Å². The Morgan fingerprint density at radius 1 is 1.24 bits per heavy atom. The number of guanidine groups is 1. The molecule has 2 aromatic rings. The van der Waals surface area contributed by atoms with Gasteiger partial charge in [0.1, 0.15) is 0 Å². The van der Waals surface area contributed by atoms with Crippen LogP contribution in [0.3, 0.4) is 0 Å². The van der Waals surface area contributed by atoms with E-state index < -0.39 is 0 Å². The highest BCUT2D eigenvalue weighted by Gasteiger charge is 2.23. The quantitative estimate of drug-likeness (QED) is 0.353. The zero-order valence-corrected chi connectivity index (χ0v) is 20.0. The highest BCUT2D eigenvalue weighted by atomic mass is 127. The van der Waals surface area contributed by atoms with Crippen LogP contribution in [0.25, 0.3) is 0 Å². The Labute approximate surface area is 191 Å². The molecule has 0 aliphatic carbocycles. The minimum Gasteiger partial charge on any atom is -0.475 e. The number of halogens is 1. The van der Waals surface area contributed by atoms with Crippen molar-refractivity contribution in [2.45, 2.75) is 45.9 Å². The van der Waals surface area contributed by atoms with Crippen molar-refractivity contribution in [1.29, 1.82) is 0 Å². The molecule has 1 fully saturated rings. The zero-order chi connectivity index (χ0) is 19.9. The van der Waals surface area contributed by atoms with Crippen LogP contribution in [0, 0.1) is 6.92 Å². The monoisotopic (exact) mass is 509 g/mol. The van der Waals surface area contributed by atoms with E-state index in [0.717, 1.165) is 31.0 Å². The molecule has 2 N–H and O–H groups in total. The van der Waals surface area contributed by atoms with Crippen molar-refractivity contribution in [3.05, 3.63) is 53.7 Å². The molecular formula is C22H32IN5O. The van der Waals surface area contributed by atoms with Gasteiger partial charge in [0.15, 0.2) is 5.96 Å². The van der Waals surface area contributed by atoms with Gasteiger partial charge in [0.05, 0.1) is 6.10 Å². The van der Waals surface area contributed by atoms with E-state index in [1.165, 1.54) is 11.3 Å². The summed E-state index contributed by atoms with van der Waals surface area (Å²) in [5, 5.41) is 6.91. The topological polar surface area (TPSA) is 61.8 Å². The average molecular weight is 509 g/mol. The highest BCUT2D eigenvalue weighted by molar-refractivity contribution is 14.0. The SMILES string of the molecule is CN=C(NCc1ccc(OC(C)C)nc1)NC1CCN(c2ccc(C)cc2)C1.I. The van der Waals surface area contributed by atoms with Gasteiger partial charge in [-0.2, -0.15) is 0 Å². The van der Waals surface area contributed by atoms with Crippen LogP contribution in [0.15, 0.2) is 47.6 Å². The first-order valence-corrected chi connectivity index (χ1v) is 9.94. The molecule has 1 aromatic heterocycles. The van der Waals surface area contributed by atoms with Crippen LogP contribution >= 0.6 is 24.0 Å². The second-order valence-corrected chi connectivity index (χ2v) is 7.51. The lowest BCUT2D eigenvalue weighted by atomic mass is 10.2. The number of nitrogens with one attached hydrogen (secondary N) is 2. The molecule has 1 aliphatic rings. The average Bonchev–Trinajstić information content (AvgIpc) is 3.15. The number of aryl methyl sites for hydroxylation is 1. The van der Waals surface area contributed by atoms with Crippen LogP contribution in [0.5, 0.6) is 5.88 Å². The molecular weight excluding hydrogens is 477 g/mol. The molecule has 29 heavy (non-hydrogen) atoms. The molecule has 0 amide bonds. The van der Waals surface area contributed by atoms with Gasteiger partial charge in [-0.15, -0.1) is 24.0 Å². The van der Waals surface area contributed by atoms with E-state index in [2.05, 4.69) is 56.7 Å². The van der Waals surface area contributed by atoms with Crippen molar-refractivity contribution < 1.29 is 4.74 Å². The van der Waals surface area contributed by atoms with E-state index in [0.29, 0.717) is 18.5 Å². The third-order valence-electron chi connectivity index (χ3n) is 4.77. The maximum Gasteiger partial charge on any atom is 0.213 e. The Morgan fingerprint density at radius 3 is 2.62 bits per heavy atom. The zero-order valence-electron chi connectivity index (χ0n) is 17.7. The number of anilines is 1. The second-order valence-electron chi connectivity index (χ2n) is 7.51. The van der Waals surface area contributed by atoms with Gasteiger partial charge in [-0.1, -0.05) is 23.8 Å². The van der Waals surface area contributed by atoms with Crippen LogP contribution in [0.1, 0.15) is 31.4 Å². The second kappa shape index (κ2) is 11.2. The third kappa shape index (κ3) is 7.06. The van der Waals surface area contributed by atoms with Gasteiger partial charge < -0.3 is 20.3 Å². The maximum absolute atomic E-state index is 5.59. The van der Waals surface area contributed by atoms with E-state index in [9.17, 15) is 0 Å².